The van der Waals surface area contributed by atoms with Gasteiger partial charge in [0.2, 0.25) is 5.88 Å². The van der Waals surface area contributed by atoms with E-state index in [1.807, 2.05) is 0 Å². The highest BCUT2D eigenvalue weighted by atomic mass is 16.5. The van der Waals surface area contributed by atoms with E-state index >= 15 is 0 Å². The summed E-state index contributed by atoms with van der Waals surface area (Å²) in [5, 5.41) is 4.35. The molecule has 25 heavy (non-hydrogen) atoms. The summed E-state index contributed by atoms with van der Waals surface area (Å²) in [6.07, 6.45) is 4.56. The van der Waals surface area contributed by atoms with Crippen molar-refractivity contribution in [3.63, 3.8) is 0 Å². The van der Waals surface area contributed by atoms with Crippen LogP contribution in [0.2, 0.25) is 0 Å². The molecular formula is C16H19N5O4. The van der Waals surface area contributed by atoms with Crippen LogP contribution in [0.25, 0.3) is 0 Å². The van der Waals surface area contributed by atoms with E-state index in [9.17, 15) is 4.79 Å². The summed E-state index contributed by atoms with van der Waals surface area (Å²) in [5.41, 5.74) is 0.412. The van der Waals surface area contributed by atoms with Crippen molar-refractivity contribution < 1.29 is 19.0 Å². The summed E-state index contributed by atoms with van der Waals surface area (Å²) in [6, 6.07) is 1.71. The molecule has 0 radical (unpaired) electrons. The van der Waals surface area contributed by atoms with Gasteiger partial charge in [-0.05, 0) is 0 Å². The maximum atomic E-state index is 12.7. The van der Waals surface area contributed by atoms with E-state index in [-0.39, 0.29) is 12.0 Å². The lowest BCUT2D eigenvalue weighted by molar-refractivity contribution is 0.0763. The number of ether oxygens (including phenoxy) is 3. The average molecular weight is 345 g/mol. The van der Waals surface area contributed by atoms with E-state index in [1.165, 1.54) is 7.11 Å². The summed E-state index contributed by atoms with van der Waals surface area (Å²) in [5.74, 6) is 1.23. The molecule has 0 saturated carbocycles. The third-order valence-corrected chi connectivity index (χ3v) is 4.26. The van der Waals surface area contributed by atoms with Crippen molar-refractivity contribution in [1.82, 2.24) is 24.6 Å². The molecule has 2 aliphatic heterocycles. The summed E-state index contributed by atoms with van der Waals surface area (Å²) >= 11 is 0. The molecule has 9 heteroatoms. The molecule has 2 aromatic rings. The van der Waals surface area contributed by atoms with Crippen LogP contribution in [0.4, 0.5) is 0 Å². The largest absolute Gasteiger partial charge is 0.478 e. The lowest BCUT2D eigenvalue weighted by Crippen LogP contribution is -2.31. The molecule has 4 heterocycles. The van der Waals surface area contributed by atoms with Crippen molar-refractivity contribution in [3.05, 3.63) is 24.2 Å². The fraction of sp³-hybridized carbons (Fsp3) is 0.500. The lowest BCUT2D eigenvalue weighted by atomic mass is 10.3. The average Bonchev–Trinajstić information content (AvgIpc) is 3.28. The normalized spacial score (nSPS) is 19.2. The molecular weight excluding hydrogens is 326 g/mol. The van der Waals surface area contributed by atoms with Crippen LogP contribution in [0.5, 0.6) is 17.6 Å². The van der Waals surface area contributed by atoms with Gasteiger partial charge in [-0.25, -0.2) is 14.6 Å². The van der Waals surface area contributed by atoms with Crippen LogP contribution in [0.3, 0.4) is 0 Å². The Morgan fingerprint density at radius 2 is 2.12 bits per heavy atom. The van der Waals surface area contributed by atoms with Crippen LogP contribution in [-0.4, -0.2) is 63.5 Å². The number of aromatic nitrogens is 4. The Balaban J connectivity index is 1.41. The van der Waals surface area contributed by atoms with Gasteiger partial charge in [-0.15, -0.1) is 0 Å². The summed E-state index contributed by atoms with van der Waals surface area (Å²) < 4.78 is 18.3. The second-order valence-corrected chi connectivity index (χ2v) is 5.94. The minimum Gasteiger partial charge on any atom is -0.478 e. The SMILES string of the molecule is COc1nccnc1OC1CCN(C(=O)c2cc3n(n2)CCCO3)C1. The van der Waals surface area contributed by atoms with Crippen molar-refractivity contribution in [2.45, 2.75) is 25.5 Å². The molecule has 0 bridgehead atoms. The molecule has 1 amide bonds. The molecule has 4 rings (SSSR count). The summed E-state index contributed by atoms with van der Waals surface area (Å²) in [7, 11) is 1.52. The van der Waals surface area contributed by atoms with Gasteiger partial charge in [-0.3, -0.25) is 4.79 Å². The number of fused-ring (bicyclic) bond motifs is 1. The number of rotatable bonds is 4. The van der Waals surface area contributed by atoms with Crippen molar-refractivity contribution >= 4 is 5.91 Å². The smallest absolute Gasteiger partial charge is 0.278 e. The highest BCUT2D eigenvalue weighted by Crippen LogP contribution is 2.25. The molecule has 0 aromatic carbocycles. The van der Waals surface area contributed by atoms with E-state index in [0.717, 1.165) is 19.4 Å². The maximum absolute atomic E-state index is 12.7. The first-order valence-corrected chi connectivity index (χ1v) is 8.26. The van der Waals surface area contributed by atoms with Crippen molar-refractivity contribution in [2.75, 3.05) is 26.8 Å². The fourth-order valence-corrected chi connectivity index (χ4v) is 3.03. The quantitative estimate of drug-likeness (QED) is 0.808. The number of carbonyl (C=O) groups is 1. The molecule has 0 aliphatic carbocycles. The van der Waals surface area contributed by atoms with Gasteiger partial charge in [0.05, 0.1) is 20.3 Å². The van der Waals surface area contributed by atoms with Gasteiger partial charge in [0.15, 0.2) is 5.69 Å². The molecule has 1 unspecified atom stereocenters. The van der Waals surface area contributed by atoms with Gasteiger partial charge in [-0.1, -0.05) is 0 Å². The second kappa shape index (κ2) is 6.58. The van der Waals surface area contributed by atoms with Crippen LogP contribution in [0.15, 0.2) is 18.5 Å². The zero-order chi connectivity index (χ0) is 17.2. The molecule has 2 aliphatic rings. The second-order valence-electron chi connectivity index (χ2n) is 5.94. The third-order valence-electron chi connectivity index (χ3n) is 4.26. The number of likely N-dealkylation sites (tertiary alicyclic amines) is 1. The van der Waals surface area contributed by atoms with E-state index in [1.54, 1.807) is 28.0 Å². The molecule has 1 fully saturated rings. The highest BCUT2D eigenvalue weighted by Gasteiger charge is 2.31. The molecule has 2 aromatic heterocycles. The van der Waals surface area contributed by atoms with Crippen molar-refractivity contribution in [1.29, 1.82) is 0 Å². The van der Waals surface area contributed by atoms with Gasteiger partial charge in [-0.2, -0.15) is 5.10 Å². The predicted molar refractivity (Wildman–Crippen MR) is 85.9 cm³/mol. The first-order chi connectivity index (χ1) is 12.2. The summed E-state index contributed by atoms with van der Waals surface area (Å²) in [4.78, 5) is 22.6. The number of hydrogen-bond acceptors (Lipinski definition) is 7. The highest BCUT2D eigenvalue weighted by molar-refractivity contribution is 5.92. The first-order valence-electron chi connectivity index (χ1n) is 8.26. The Morgan fingerprint density at radius 1 is 1.28 bits per heavy atom. The molecule has 1 saturated heterocycles. The first kappa shape index (κ1) is 15.7. The van der Waals surface area contributed by atoms with E-state index in [2.05, 4.69) is 15.1 Å². The van der Waals surface area contributed by atoms with Gasteiger partial charge < -0.3 is 19.1 Å². The number of hydrogen-bond donors (Lipinski definition) is 0. The predicted octanol–water partition coefficient (Wildman–Crippen LogP) is 0.758. The minimum atomic E-state index is -0.150. The lowest BCUT2D eigenvalue weighted by Gasteiger charge is -2.16. The van der Waals surface area contributed by atoms with Crippen LogP contribution in [0, 0.1) is 0 Å². The Hall–Kier alpha value is -2.84. The van der Waals surface area contributed by atoms with Gasteiger partial charge >= 0.3 is 0 Å². The molecule has 0 N–H and O–H groups in total. The van der Waals surface area contributed by atoms with Crippen molar-refractivity contribution in [3.8, 4) is 17.6 Å². The van der Waals surface area contributed by atoms with Crippen molar-refractivity contribution in [2.24, 2.45) is 0 Å². The van der Waals surface area contributed by atoms with E-state index in [4.69, 9.17) is 14.2 Å². The number of methoxy groups -OCH3 is 1. The Labute approximate surface area is 144 Å². The molecule has 1 atom stereocenters. The minimum absolute atomic E-state index is 0.109. The Kier molecular flexibility index (Phi) is 4.12. The van der Waals surface area contributed by atoms with Crippen LogP contribution < -0.4 is 14.2 Å². The number of aryl methyl sites for hydroxylation is 1. The molecule has 9 nitrogen and oxygen atoms in total. The van der Waals surface area contributed by atoms with Crippen LogP contribution in [0.1, 0.15) is 23.3 Å². The standard InChI is InChI=1S/C16H19N5O4/c1-23-14-15(18-5-4-17-14)25-11-3-7-20(10-11)16(22)12-9-13-21(19-12)6-2-8-24-13/h4-5,9,11H,2-3,6-8,10H2,1H3. The fourth-order valence-electron chi connectivity index (χ4n) is 3.03. The third kappa shape index (κ3) is 3.09. The molecule has 0 spiro atoms. The zero-order valence-electron chi connectivity index (χ0n) is 13.9. The number of nitrogens with zero attached hydrogens (tertiary/aromatic N) is 5. The van der Waals surface area contributed by atoms with E-state index < -0.39 is 0 Å². The molecule has 132 valence electrons. The topological polar surface area (TPSA) is 91.6 Å². The Bertz CT molecular complexity index is 754. The monoisotopic (exact) mass is 345 g/mol. The van der Waals surface area contributed by atoms with Gasteiger partial charge in [0, 0.05) is 44.4 Å². The van der Waals surface area contributed by atoms with Gasteiger partial charge in [0.1, 0.15) is 6.10 Å². The number of amides is 1. The van der Waals surface area contributed by atoms with Crippen LogP contribution in [-0.2, 0) is 6.54 Å². The zero-order valence-corrected chi connectivity index (χ0v) is 13.9. The van der Waals surface area contributed by atoms with Crippen LogP contribution >= 0.6 is 0 Å². The number of carbonyl (C=O) groups excluding carboxylic acids is 1. The van der Waals surface area contributed by atoms with Gasteiger partial charge in [0.25, 0.3) is 17.7 Å². The summed E-state index contributed by atoms with van der Waals surface area (Å²) in [6.45, 7) is 2.52. The maximum Gasteiger partial charge on any atom is 0.278 e. The Morgan fingerprint density at radius 3 is 2.92 bits per heavy atom. The van der Waals surface area contributed by atoms with E-state index in [0.29, 0.717) is 43.0 Å².